The van der Waals surface area contributed by atoms with Gasteiger partial charge in [-0.05, 0) is 30.2 Å². The van der Waals surface area contributed by atoms with Crippen LogP contribution in [-0.4, -0.2) is 40.8 Å². The number of imide groups is 1. The number of benzene rings is 2. The molecule has 1 N–H and O–H groups in total. The third-order valence-corrected chi connectivity index (χ3v) is 5.88. The SMILES string of the molecule is COc1ccccc1-c1csc(NC(=O)C(C(C)C)N2C(=O)c3ccccc3C2=O)n1. The Morgan fingerprint density at radius 2 is 1.58 bits per heavy atom. The highest BCUT2D eigenvalue weighted by Gasteiger charge is 2.44. The van der Waals surface area contributed by atoms with E-state index in [2.05, 4.69) is 10.3 Å². The molecule has 1 aliphatic rings. The molecule has 0 saturated carbocycles. The molecular formula is C23H21N3O4S. The molecule has 0 fully saturated rings. The Morgan fingerprint density at radius 1 is 1.00 bits per heavy atom. The van der Waals surface area contributed by atoms with Crippen molar-refractivity contribution in [1.82, 2.24) is 9.88 Å². The average Bonchev–Trinajstić information content (AvgIpc) is 3.32. The van der Waals surface area contributed by atoms with Gasteiger partial charge in [-0.2, -0.15) is 0 Å². The molecule has 1 aliphatic heterocycles. The van der Waals surface area contributed by atoms with Crippen molar-refractivity contribution in [2.24, 2.45) is 5.92 Å². The summed E-state index contributed by atoms with van der Waals surface area (Å²) in [5.41, 5.74) is 2.11. The fraction of sp³-hybridized carbons (Fsp3) is 0.217. The average molecular weight is 436 g/mol. The topological polar surface area (TPSA) is 88.6 Å². The fourth-order valence-electron chi connectivity index (χ4n) is 3.67. The number of ether oxygens (including phenoxy) is 1. The highest BCUT2D eigenvalue weighted by molar-refractivity contribution is 7.14. The van der Waals surface area contributed by atoms with Gasteiger partial charge in [0, 0.05) is 10.9 Å². The molecule has 4 rings (SSSR count). The van der Waals surface area contributed by atoms with Gasteiger partial charge >= 0.3 is 0 Å². The lowest BCUT2D eigenvalue weighted by atomic mass is 10.0. The van der Waals surface area contributed by atoms with Crippen molar-refractivity contribution in [3.8, 4) is 17.0 Å². The molecular weight excluding hydrogens is 414 g/mol. The van der Waals surface area contributed by atoms with E-state index >= 15 is 0 Å². The van der Waals surface area contributed by atoms with Crippen molar-refractivity contribution in [1.29, 1.82) is 0 Å². The summed E-state index contributed by atoms with van der Waals surface area (Å²) < 4.78 is 5.38. The molecule has 3 aromatic rings. The van der Waals surface area contributed by atoms with E-state index in [4.69, 9.17) is 4.74 Å². The highest BCUT2D eigenvalue weighted by Crippen LogP contribution is 2.33. The second-order valence-electron chi connectivity index (χ2n) is 7.44. The minimum Gasteiger partial charge on any atom is -0.496 e. The maximum Gasteiger partial charge on any atom is 0.262 e. The quantitative estimate of drug-likeness (QED) is 0.590. The van der Waals surface area contributed by atoms with Crippen molar-refractivity contribution in [3.05, 3.63) is 65.0 Å². The third kappa shape index (κ3) is 3.70. The number of hydrogen-bond acceptors (Lipinski definition) is 6. The van der Waals surface area contributed by atoms with E-state index in [1.165, 1.54) is 11.3 Å². The Labute approximate surface area is 183 Å². The van der Waals surface area contributed by atoms with Gasteiger partial charge in [-0.15, -0.1) is 11.3 Å². The van der Waals surface area contributed by atoms with E-state index in [0.29, 0.717) is 27.7 Å². The van der Waals surface area contributed by atoms with Crippen molar-refractivity contribution >= 4 is 34.2 Å². The number of fused-ring (bicyclic) bond motifs is 1. The first-order valence-corrected chi connectivity index (χ1v) is 10.7. The molecule has 8 heteroatoms. The summed E-state index contributed by atoms with van der Waals surface area (Å²) in [5.74, 6) is -0.968. The molecule has 31 heavy (non-hydrogen) atoms. The largest absolute Gasteiger partial charge is 0.496 e. The van der Waals surface area contributed by atoms with Gasteiger partial charge < -0.3 is 10.1 Å². The van der Waals surface area contributed by atoms with Gasteiger partial charge in [0.25, 0.3) is 11.8 Å². The molecule has 2 aromatic carbocycles. The predicted molar refractivity (Wildman–Crippen MR) is 118 cm³/mol. The summed E-state index contributed by atoms with van der Waals surface area (Å²) in [4.78, 5) is 44.4. The Balaban J connectivity index is 1.58. The lowest BCUT2D eigenvalue weighted by Crippen LogP contribution is -2.50. The molecule has 0 spiro atoms. The summed E-state index contributed by atoms with van der Waals surface area (Å²) in [5, 5.41) is 4.98. The number of thiazole rings is 1. The van der Waals surface area contributed by atoms with Crippen LogP contribution in [0.25, 0.3) is 11.3 Å². The molecule has 0 bridgehead atoms. The summed E-state index contributed by atoms with van der Waals surface area (Å²) in [6, 6.07) is 13.1. The maximum atomic E-state index is 13.1. The van der Waals surface area contributed by atoms with Gasteiger partial charge in [-0.1, -0.05) is 38.1 Å². The number of para-hydroxylation sites is 1. The number of carbonyl (C=O) groups is 3. The zero-order chi connectivity index (χ0) is 22.1. The van der Waals surface area contributed by atoms with Crippen molar-refractivity contribution in [2.45, 2.75) is 19.9 Å². The predicted octanol–water partition coefficient (Wildman–Crippen LogP) is 4.08. The van der Waals surface area contributed by atoms with Crippen molar-refractivity contribution in [2.75, 3.05) is 12.4 Å². The van der Waals surface area contributed by atoms with E-state index in [9.17, 15) is 14.4 Å². The lowest BCUT2D eigenvalue weighted by Gasteiger charge is -2.27. The highest BCUT2D eigenvalue weighted by atomic mass is 32.1. The Kier molecular flexibility index (Phi) is 5.56. The van der Waals surface area contributed by atoms with Crippen LogP contribution in [0.5, 0.6) is 5.75 Å². The third-order valence-electron chi connectivity index (χ3n) is 5.12. The number of rotatable bonds is 6. The monoisotopic (exact) mass is 435 g/mol. The number of amides is 3. The summed E-state index contributed by atoms with van der Waals surface area (Å²) >= 11 is 1.27. The van der Waals surface area contributed by atoms with Gasteiger partial charge in [0.1, 0.15) is 11.8 Å². The molecule has 3 amide bonds. The van der Waals surface area contributed by atoms with Gasteiger partial charge in [0.15, 0.2) is 5.13 Å². The number of nitrogens with one attached hydrogen (secondary N) is 1. The number of methoxy groups -OCH3 is 1. The van der Waals surface area contributed by atoms with Crippen LogP contribution in [0.15, 0.2) is 53.9 Å². The summed E-state index contributed by atoms with van der Waals surface area (Å²) in [6.07, 6.45) is 0. The van der Waals surface area contributed by atoms with Crippen LogP contribution < -0.4 is 10.1 Å². The standard InChI is InChI=1S/C23H21N3O4S/c1-13(2)19(26-21(28)14-8-4-5-9-15(14)22(26)29)20(27)25-23-24-17(12-31-23)16-10-6-7-11-18(16)30-3/h4-13,19H,1-3H3,(H,24,25,27). The summed E-state index contributed by atoms with van der Waals surface area (Å²) in [6.45, 7) is 3.60. The number of aromatic nitrogens is 1. The second-order valence-corrected chi connectivity index (χ2v) is 8.30. The maximum absolute atomic E-state index is 13.1. The number of anilines is 1. The van der Waals surface area contributed by atoms with Crippen LogP contribution in [0.3, 0.4) is 0 Å². The first kappa shape index (κ1) is 20.7. The molecule has 2 heterocycles. The van der Waals surface area contributed by atoms with Gasteiger partial charge in [0.2, 0.25) is 5.91 Å². The van der Waals surface area contributed by atoms with Crippen molar-refractivity contribution in [3.63, 3.8) is 0 Å². The number of nitrogens with zero attached hydrogens (tertiary/aromatic N) is 2. The smallest absolute Gasteiger partial charge is 0.262 e. The lowest BCUT2D eigenvalue weighted by molar-refractivity contribution is -0.121. The van der Waals surface area contributed by atoms with Crippen LogP contribution in [0.4, 0.5) is 5.13 Å². The second kappa shape index (κ2) is 8.31. The molecule has 0 aliphatic carbocycles. The normalized spacial score (nSPS) is 14.0. The van der Waals surface area contributed by atoms with E-state index in [1.807, 2.05) is 29.6 Å². The van der Waals surface area contributed by atoms with E-state index in [1.54, 1.807) is 45.2 Å². The van der Waals surface area contributed by atoms with Gasteiger partial charge in [-0.3, -0.25) is 19.3 Å². The minimum atomic E-state index is -0.953. The van der Waals surface area contributed by atoms with Crippen LogP contribution in [0, 0.1) is 5.92 Å². The number of hydrogen-bond donors (Lipinski definition) is 1. The van der Waals surface area contributed by atoms with Crippen LogP contribution in [0.2, 0.25) is 0 Å². The van der Waals surface area contributed by atoms with E-state index < -0.39 is 23.8 Å². The zero-order valence-corrected chi connectivity index (χ0v) is 18.1. The Morgan fingerprint density at radius 3 is 2.16 bits per heavy atom. The van der Waals surface area contributed by atoms with Crippen LogP contribution in [-0.2, 0) is 4.79 Å². The van der Waals surface area contributed by atoms with Crippen LogP contribution >= 0.6 is 11.3 Å². The zero-order valence-electron chi connectivity index (χ0n) is 17.3. The molecule has 0 radical (unpaired) electrons. The summed E-state index contributed by atoms with van der Waals surface area (Å²) in [7, 11) is 1.59. The Bertz CT molecular complexity index is 1140. The molecule has 158 valence electrons. The Hall–Kier alpha value is -3.52. The number of carbonyl (C=O) groups excluding carboxylic acids is 3. The first-order chi connectivity index (χ1) is 14.9. The molecule has 1 unspecified atom stereocenters. The molecule has 1 aromatic heterocycles. The minimum absolute atomic E-state index is 0.282. The van der Waals surface area contributed by atoms with Gasteiger partial charge in [0.05, 0.1) is 23.9 Å². The van der Waals surface area contributed by atoms with Gasteiger partial charge in [-0.25, -0.2) is 4.98 Å². The molecule has 0 saturated heterocycles. The van der Waals surface area contributed by atoms with E-state index in [-0.39, 0.29) is 5.92 Å². The first-order valence-electron chi connectivity index (χ1n) is 9.79. The van der Waals surface area contributed by atoms with Crippen LogP contribution in [0.1, 0.15) is 34.6 Å². The van der Waals surface area contributed by atoms with Crippen molar-refractivity contribution < 1.29 is 19.1 Å². The molecule has 1 atom stereocenters. The molecule has 7 nitrogen and oxygen atoms in total. The van der Waals surface area contributed by atoms with E-state index in [0.717, 1.165) is 10.5 Å². The fourth-order valence-corrected chi connectivity index (χ4v) is 4.38.